The fourth-order valence-corrected chi connectivity index (χ4v) is 2.57. The minimum absolute atomic E-state index is 0.0654. The van der Waals surface area contributed by atoms with E-state index in [0.29, 0.717) is 13.2 Å². The Balaban J connectivity index is 1.73. The van der Waals surface area contributed by atoms with Crippen molar-refractivity contribution in [2.24, 2.45) is 0 Å². The molecule has 1 atom stereocenters. The number of likely N-dealkylation sites (N-methyl/N-ethyl adjacent to an activating group) is 1. The fraction of sp³-hybridized carbons (Fsp3) is 0.375. The van der Waals surface area contributed by atoms with Gasteiger partial charge in [0.25, 0.3) is 5.91 Å². The van der Waals surface area contributed by atoms with Gasteiger partial charge in [-0.05, 0) is 30.5 Å². The van der Waals surface area contributed by atoms with E-state index in [2.05, 4.69) is 11.1 Å². The third-order valence-corrected chi connectivity index (χ3v) is 3.65. The van der Waals surface area contributed by atoms with Crippen LogP contribution in [0.25, 0.3) is 10.9 Å². The van der Waals surface area contributed by atoms with Crippen LogP contribution in [-0.4, -0.2) is 35.5 Å². The van der Waals surface area contributed by atoms with E-state index in [1.165, 1.54) is 0 Å². The molecule has 3 rings (SSSR count). The van der Waals surface area contributed by atoms with Gasteiger partial charge < -0.3 is 9.64 Å². The van der Waals surface area contributed by atoms with Gasteiger partial charge in [0.15, 0.2) is 0 Å². The highest BCUT2D eigenvalue weighted by molar-refractivity contribution is 5.81. The highest BCUT2D eigenvalue weighted by Crippen LogP contribution is 2.17. The quantitative estimate of drug-likeness (QED) is 0.860. The third-order valence-electron chi connectivity index (χ3n) is 3.65. The molecular formula is C16H18N2O2. The molecule has 1 amide bonds. The summed E-state index contributed by atoms with van der Waals surface area (Å²) in [5.74, 6) is 0.0654. The molecule has 1 aromatic heterocycles. The summed E-state index contributed by atoms with van der Waals surface area (Å²) in [5.41, 5.74) is 2.02. The number of benzene rings is 1. The number of carbonyl (C=O) groups is 1. The molecule has 4 nitrogen and oxygen atoms in total. The standard InChI is InChI=1S/C16H18N2O2/c1-18(16(19)15-7-4-8-20-15)11-12-9-13-5-2-3-6-14(13)17-10-12/h2-3,5-6,9-10,15H,4,7-8,11H2,1H3. The summed E-state index contributed by atoms with van der Waals surface area (Å²) in [5, 5.41) is 1.10. The molecule has 20 heavy (non-hydrogen) atoms. The van der Waals surface area contributed by atoms with Crippen molar-refractivity contribution < 1.29 is 9.53 Å². The van der Waals surface area contributed by atoms with Crippen molar-refractivity contribution in [1.29, 1.82) is 0 Å². The van der Waals surface area contributed by atoms with Crippen molar-refractivity contribution in [3.63, 3.8) is 0 Å². The van der Waals surface area contributed by atoms with Gasteiger partial charge in [0.1, 0.15) is 6.10 Å². The second-order valence-corrected chi connectivity index (χ2v) is 5.23. The van der Waals surface area contributed by atoms with Gasteiger partial charge in [-0.3, -0.25) is 9.78 Å². The lowest BCUT2D eigenvalue weighted by Gasteiger charge is -2.20. The van der Waals surface area contributed by atoms with E-state index in [1.807, 2.05) is 37.5 Å². The number of hydrogen-bond donors (Lipinski definition) is 0. The van der Waals surface area contributed by atoms with E-state index < -0.39 is 0 Å². The minimum atomic E-state index is -0.256. The van der Waals surface area contributed by atoms with Crippen LogP contribution >= 0.6 is 0 Å². The Bertz CT molecular complexity index is 621. The van der Waals surface area contributed by atoms with Gasteiger partial charge in [-0.15, -0.1) is 0 Å². The van der Waals surface area contributed by atoms with Gasteiger partial charge in [-0.25, -0.2) is 0 Å². The Kier molecular flexibility index (Phi) is 3.65. The normalized spacial score (nSPS) is 18.4. The largest absolute Gasteiger partial charge is 0.368 e. The van der Waals surface area contributed by atoms with Crippen LogP contribution in [0.4, 0.5) is 0 Å². The van der Waals surface area contributed by atoms with Gasteiger partial charge in [0, 0.05) is 31.8 Å². The zero-order chi connectivity index (χ0) is 13.9. The molecule has 104 valence electrons. The number of amides is 1. The van der Waals surface area contributed by atoms with Gasteiger partial charge in [-0.1, -0.05) is 18.2 Å². The molecule has 1 fully saturated rings. The number of aromatic nitrogens is 1. The number of rotatable bonds is 3. The molecule has 1 aliphatic rings. The molecule has 0 spiro atoms. The van der Waals surface area contributed by atoms with Gasteiger partial charge >= 0.3 is 0 Å². The monoisotopic (exact) mass is 270 g/mol. The van der Waals surface area contributed by atoms with Gasteiger partial charge in [0.2, 0.25) is 0 Å². The van der Waals surface area contributed by atoms with E-state index in [4.69, 9.17) is 4.74 Å². The van der Waals surface area contributed by atoms with E-state index >= 15 is 0 Å². The maximum atomic E-state index is 12.2. The second kappa shape index (κ2) is 5.59. The first-order valence-electron chi connectivity index (χ1n) is 6.94. The number of para-hydroxylation sites is 1. The smallest absolute Gasteiger partial charge is 0.251 e. The van der Waals surface area contributed by atoms with Crippen LogP contribution in [0.5, 0.6) is 0 Å². The lowest BCUT2D eigenvalue weighted by Crippen LogP contribution is -2.35. The van der Waals surface area contributed by atoms with Crippen molar-refractivity contribution in [2.45, 2.75) is 25.5 Å². The van der Waals surface area contributed by atoms with Crippen molar-refractivity contribution >= 4 is 16.8 Å². The van der Waals surface area contributed by atoms with Gasteiger partial charge in [0.05, 0.1) is 5.52 Å². The summed E-state index contributed by atoms with van der Waals surface area (Å²) >= 11 is 0. The average Bonchev–Trinajstić information content (AvgIpc) is 3.00. The molecule has 0 N–H and O–H groups in total. The summed E-state index contributed by atoms with van der Waals surface area (Å²) in [6, 6.07) is 10.1. The first-order valence-corrected chi connectivity index (χ1v) is 6.94. The number of hydrogen-bond acceptors (Lipinski definition) is 3. The van der Waals surface area contributed by atoms with Crippen LogP contribution in [0.2, 0.25) is 0 Å². The zero-order valence-electron chi connectivity index (χ0n) is 11.6. The molecule has 2 aromatic rings. The van der Waals surface area contributed by atoms with Crippen LogP contribution in [0.3, 0.4) is 0 Å². The zero-order valence-corrected chi connectivity index (χ0v) is 11.6. The molecule has 0 bridgehead atoms. The van der Waals surface area contributed by atoms with Crippen LogP contribution in [0.1, 0.15) is 18.4 Å². The van der Waals surface area contributed by atoms with Crippen LogP contribution in [-0.2, 0) is 16.1 Å². The molecule has 0 aliphatic carbocycles. The summed E-state index contributed by atoms with van der Waals surface area (Å²) in [4.78, 5) is 18.3. The van der Waals surface area contributed by atoms with E-state index in [9.17, 15) is 4.79 Å². The molecule has 4 heteroatoms. The number of carbonyl (C=O) groups excluding carboxylic acids is 1. The predicted octanol–water partition coefficient (Wildman–Crippen LogP) is 2.37. The summed E-state index contributed by atoms with van der Waals surface area (Å²) in [6.07, 6.45) is 3.39. The van der Waals surface area contributed by atoms with Crippen LogP contribution in [0.15, 0.2) is 36.5 Å². The summed E-state index contributed by atoms with van der Waals surface area (Å²) in [7, 11) is 1.82. The molecule has 1 unspecified atom stereocenters. The Labute approximate surface area is 118 Å². The number of fused-ring (bicyclic) bond motifs is 1. The van der Waals surface area contributed by atoms with E-state index in [1.54, 1.807) is 4.90 Å². The maximum Gasteiger partial charge on any atom is 0.251 e. The summed E-state index contributed by atoms with van der Waals surface area (Å²) < 4.78 is 5.44. The lowest BCUT2D eigenvalue weighted by molar-refractivity contribution is -0.140. The van der Waals surface area contributed by atoms with E-state index in [0.717, 1.165) is 29.3 Å². The van der Waals surface area contributed by atoms with Crippen molar-refractivity contribution in [3.05, 3.63) is 42.1 Å². The molecule has 2 heterocycles. The Morgan fingerprint density at radius 1 is 1.45 bits per heavy atom. The molecule has 1 saturated heterocycles. The van der Waals surface area contributed by atoms with Crippen molar-refractivity contribution in [3.8, 4) is 0 Å². The first kappa shape index (κ1) is 13.1. The minimum Gasteiger partial charge on any atom is -0.368 e. The molecule has 1 aromatic carbocycles. The SMILES string of the molecule is CN(Cc1cnc2ccccc2c1)C(=O)C1CCCO1. The van der Waals surface area contributed by atoms with Crippen LogP contribution in [0, 0.1) is 0 Å². The maximum absolute atomic E-state index is 12.2. The topological polar surface area (TPSA) is 42.4 Å². The summed E-state index contributed by atoms with van der Waals surface area (Å²) in [6.45, 7) is 1.26. The number of nitrogens with zero attached hydrogens (tertiary/aromatic N) is 2. The highest BCUT2D eigenvalue weighted by Gasteiger charge is 2.26. The fourth-order valence-electron chi connectivity index (χ4n) is 2.57. The van der Waals surface area contributed by atoms with Crippen LogP contribution < -0.4 is 0 Å². The Hall–Kier alpha value is -1.94. The Morgan fingerprint density at radius 3 is 3.10 bits per heavy atom. The lowest BCUT2D eigenvalue weighted by atomic mass is 10.1. The first-order chi connectivity index (χ1) is 9.74. The predicted molar refractivity (Wildman–Crippen MR) is 77.2 cm³/mol. The third kappa shape index (κ3) is 2.65. The molecule has 0 saturated carbocycles. The number of ether oxygens (including phenoxy) is 1. The Morgan fingerprint density at radius 2 is 2.30 bits per heavy atom. The average molecular weight is 270 g/mol. The molecular weight excluding hydrogens is 252 g/mol. The van der Waals surface area contributed by atoms with Crippen molar-refractivity contribution in [1.82, 2.24) is 9.88 Å². The number of pyridine rings is 1. The second-order valence-electron chi connectivity index (χ2n) is 5.23. The van der Waals surface area contributed by atoms with Gasteiger partial charge in [-0.2, -0.15) is 0 Å². The van der Waals surface area contributed by atoms with Crippen molar-refractivity contribution in [2.75, 3.05) is 13.7 Å². The van der Waals surface area contributed by atoms with E-state index in [-0.39, 0.29) is 12.0 Å². The molecule has 1 aliphatic heterocycles. The highest BCUT2D eigenvalue weighted by atomic mass is 16.5. The molecule has 0 radical (unpaired) electrons.